The second-order valence-corrected chi connectivity index (χ2v) is 6.00. The molecule has 0 saturated heterocycles. The molecule has 0 aliphatic rings. The summed E-state index contributed by atoms with van der Waals surface area (Å²) in [5.74, 6) is 1.31. The van der Waals surface area contributed by atoms with Crippen LogP contribution in [-0.2, 0) is 0 Å². The molecule has 0 fully saturated rings. The first kappa shape index (κ1) is 15.5. The molecule has 0 bridgehead atoms. The molecule has 1 nitrogen and oxygen atoms in total. The van der Waals surface area contributed by atoms with Crippen LogP contribution in [-0.4, -0.2) is 12.6 Å². The fraction of sp³-hybridized carbons (Fsp3) is 0.625. The minimum Gasteiger partial charge on any atom is -0.314 e. The number of rotatable bonds is 7. The summed E-state index contributed by atoms with van der Waals surface area (Å²) >= 11 is 6.10. The Kier molecular flexibility index (Phi) is 6.73. The van der Waals surface area contributed by atoms with Crippen molar-refractivity contribution >= 4 is 11.6 Å². The predicted molar refractivity (Wildman–Crippen MR) is 81.4 cm³/mol. The van der Waals surface area contributed by atoms with E-state index in [2.05, 4.69) is 51.2 Å². The average molecular weight is 268 g/mol. The first-order chi connectivity index (χ1) is 8.52. The Bertz CT molecular complexity index is 349. The molecular formula is C16H26ClN. The molecule has 0 aliphatic heterocycles. The van der Waals surface area contributed by atoms with Crippen molar-refractivity contribution in [3.8, 4) is 0 Å². The van der Waals surface area contributed by atoms with Gasteiger partial charge in [-0.25, -0.2) is 0 Å². The van der Waals surface area contributed by atoms with Crippen molar-refractivity contribution in [1.29, 1.82) is 0 Å². The zero-order chi connectivity index (χ0) is 13.5. The monoisotopic (exact) mass is 267 g/mol. The first-order valence-corrected chi connectivity index (χ1v) is 7.39. The van der Waals surface area contributed by atoms with Crippen molar-refractivity contribution in [2.75, 3.05) is 6.54 Å². The summed E-state index contributed by atoms with van der Waals surface area (Å²) in [6.07, 6.45) is 2.45. The average Bonchev–Trinajstić information content (AvgIpc) is 2.33. The lowest BCUT2D eigenvalue weighted by Crippen LogP contribution is -2.28. The standard InChI is InChI=1S/C16H26ClN/c1-5-13(4)9-15(11-18-12(2)3)14-7-6-8-16(17)10-14/h6-8,10,12-13,15,18H,5,9,11H2,1-4H3. The summed E-state index contributed by atoms with van der Waals surface area (Å²) in [5.41, 5.74) is 1.36. The van der Waals surface area contributed by atoms with Gasteiger partial charge in [-0.05, 0) is 36.0 Å². The van der Waals surface area contributed by atoms with Crippen molar-refractivity contribution in [1.82, 2.24) is 5.32 Å². The number of benzene rings is 1. The van der Waals surface area contributed by atoms with Crippen LogP contribution in [0.15, 0.2) is 24.3 Å². The van der Waals surface area contributed by atoms with E-state index < -0.39 is 0 Å². The molecule has 0 amide bonds. The quantitative estimate of drug-likeness (QED) is 0.744. The van der Waals surface area contributed by atoms with Gasteiger partial charge in [0.2, 0.25) is 0 Å². The molecular weight excluding hydrogens is 242 g/mol. The van der Waals surface area contributed by atoms with Crippen molar-refractivity contribution < 1.29 is 0 Å². The van der Waals surface area contributed by atoms with Gasteiger partial charge in [-0.15, -0.1) is 0 Å². The molecule has 0 radical (unpaired) electrons. The summed E-state index contributed by atoms with van der Waals surface area (Å²) < 4.78 is 0. The molecule has 0 aliphatic carbocycles. The third kappa shape index (κ3) is 5.41. The summed E-state index contributed by atoms with van der Waals surface area (Å²) in [6, 6.07) is 8.83. The predicted octanol–water partition coefficient (Wildman–Crippen LogP) is 4.86. The second-order valence-electron chi connectivity index (χ2n) is 5.56. The zero-order valence-electron chi connectivity index (χ0n) is 12.0. The van der Waals surface area contributed by atoms with Crippen LogP contribution in [0.2, 0.25) is 5.02 Å². The van der Waals surface area contributed by atoms with E-state index in [0.29, 0.717) is 12.0 Å². The Morgan fingerprint density at radius 1 is 1.22 bits per heavy atom. The highest BCUT2D eigenvalue weighted by molar-refractivity contribution is 6.30. The van der Waals surface area contributed by atoms with Gasteiger partial charge in [0, 0.05) is 17.6 Å². The summed E-state index contributed by atoms with van der Waals surface area (Å²) in [7, 11) is 0. The smallest absolute Gasteiger partial charge is 0.0408 e. The lowest BCUT2D eigenvalue weighted by atomic mass is 9.88. The number of halogens is 1. The molecule has 2 unspecified atom stereocenters. The molecule has 18 heavy (non-hydrogen) atoms. The largest absolute Gasteiger partial charge is 0.314 e. The molecule has 0 saturated carbocycles. The summed E-state index contributed by atoms with van der Waals surface area (Å²) in [6.45, 7) is 10.0. The Morgan fingerprint density at radius 2 is 1.94 bits per heavy atom. The van der Waals surface area contributed by atoms with Crippen molar-refractivity contribution in [2.45, 2.75) is 52.5 Å². The van der Waals surface area contributed by atoms with Crippen molar-refractivity contribution in [3.05, 3.63) is 34.9 Å². The van der Waals surface area contributed by atoms with Gasteiger partial charge in [0.05, 0.1) is 0 Å². The Labute approximate surface area is 117 Å². The van der Waals surface area contributed by atoms with Gasteiger partial charge in [0.25, 0.3) is 0 Å². The van der Waals surface area contributed by atoms with Crippen LogP contribution in [0.4, 0.5) is 0 Å². The minimum atomic E-state index is 0.531. The van der Waals surface area contributed by atoms with E-state index >= 15 is 0 Å². The third-order valence-corrected chi connectivity index (χ3v) is 3.71. The molecule has 1 aromatic rings. The van der Waals surface area contributed by atoms with Gasteiger partial charge < -0.3 is 5.32 Å². The van der Waals surface area contributed by atoms with Crippen LogP contribution in [0.3, 0.4) is 0 Å². The topological polar surface area (TPSA) is 12.0 Å². The van der Waals surface area contributed by atoms with Crippen LogP contribution in [0, 0.1) is 5.92 Å². The normalized spacial score (nSPS) is 14.8. The molecule has 102 valence electrons. The van der Waals surface area contributed by atoms with Crippen LogP contribution in [0.1, 0.15) is 52.0 Å². The first-order valence-electron chi connectivity index (χ1n) is 7.01. The van der Waals surface area contributed by atoms with Gasteiger partial charge in [-0.2, -0.15) is 0 Å². The number of nitrogens with one attached hydrogen (secondary N) is 1. The summed E-state index contributed by atoms with van der Waals surface area (Å²) in [4.78, 5) is 0. The van der Waals surface area contributed by atoms with Gasteiger partial charge >= 0.3 is 0 Å². The van der Waals surface area contributed by atoms with E-state index in [1.54, 1.807) is 0 Å². The van der Waals surface area contributed by atoms with Gasteiger partial charge in [0.15, 0.2) is 0 Å². The maximum Gasteiger partial charge on any atom is 0.0408 e. The minimum absolute atomic E-state index is 0.531. The van der Waals surface area contributed by atoms with E-state index in [0.717, 1.165) is 17.5 Å². The fourth-order valence-electron chi connectivity index (χ4n) is 2.13. The third-order valence-electron chi connectivity index (χ3n) is 3.48. The fourth-order valence-corrected chi connectivity index (χ4v) is 2.33. The molecule has 0 spiro atoms. The SMILES string of the molecule is CCC(C)CC(CNC(C)C)c1cccc(Cl)c1. The molecule has 1 N–H and O–H groups in total. The van der Waals surface area contributed by atoms with Gasteiger partial charge in [-0.1, -0.05) is 57.8 Å². The molecule has 1 rings (SSSR count). The van der Waals surface area contributed by atoms with E-state index in [1.807, 2.05) is 6.07 Å². The van der Waals surface area contributed by atoms with E-state index in [9.17, 15) is 0 Å². The molecule has 0 heterocycles. The van der Waals surface area contributed by atoms with Crippen molar-refractivity contribution in [2.24, 2.45) is 5.92 Å². The number of hydrogen-bond acceptors (Lipinski definition) is 1. The van der Waals surface area contributed by atoms with Crippen LogP contribution in [0.5, 0.6) is 0 Å². The van der Waals surface area contributed by atoms with Crippen molar-refractivity contribution in [3.63, 3.8) is 0 Å². The van der Waals surface area contributed by atoms with Crippen LogP contribution in [0.25, 0.3) is 0 Å². The highest BCUT2D eigenvalue weighted by Gasteiger charge is 2.15. The Hall–Kier alpha value is -0.530. The summed E-state index contributed by atoms with van der Waals surface area (Å²) in [5, 5.41) is 4.39. The lowest BCUT2D eigenvalue weighted by Gasteiger charge is -2.22. The molecule has 2 heteroatoms. The maximum absolute atomic E-state index is 6.10. The van der Waals surface area contributed by atoms with Crippen LogP contribution < -0.4 is 5.32 Å². The van der Waals surface area contributed by atoms with Gasteiger partial charge in [-0.3, -0.25) is 0 Å². The number of hydrogen-bond donors (Lipinski definition) is 1. The van der Waals surface area contributed by atoms with E-state index in [4.69, 9.17) is 11.6 Å². The highest BCUT2D eigenvalue weighted by atomic mass is 35.5. The van der Waals surface area contributed by atoms with E-state index in [1.165, 1.54) is 18.4 Å². The molecule has 0 aromatic heterocycles. The van der Waals surface area contributed by atoms with Gasteiger partial charge in [0.1, 0.15) is 0 Å². The molecule has 1 aromatic carbocycles. The Morgan fingerprint density at radius 3 is 2.50 bits per heavy atom. The maximum atomic E-state index is 6.10. The second kappa shape index (κ2) is 7.81. The Balaban J connectivity index is 2.75. The van der Waals surface area contributed by atoms with E-state index in [-0.39, 0.29) is 0 Å². The van der Waals surface area contributed by atoms with Crippen LogP contribution >= 0.6 is 11.6 Å². The lowest BCUT2D eigenvalue weighted by molar-refractivity contribution is 0.424. The zero-order valence-corrected chi connectivity index (χ0v) is 12.8. The molecule has 2 atom stereocenters. The highest BCUT2D eigenvalue weighted by Crippen LogP contribution is 2.26.